The Hall–Kier alpha value is -1.42. The molecule has 1 N–H and O–H groups in total. The van der Waals surface area contributed by atoms with E-state index in [1.165, 1.54) is 11.1 Å². The van der Waals surface area contributed by atoms with E-state index in [-0.39, 0.29) is 0 Å². The van der Waals surface area contributed by atoms with E-state index in [2.05, 4.69) is 52.9 Å². The summed E-state index contributed by atoms with van der Waals surface area (Å²) < 4.78 is 2.84. The van der Waals surface area contributed by atoms with Crippen molar-refractivity contribution in [2.75, 3.05) is 0 Å². The van der Waals surface area contributed by atoms with Crippen molar-refractivity contribution >= 4 is 12.2 Å². The Kier molecular flexibility index (Phi) is 4.31. The molecule has 0 aliphatic carbocycles. The highest BCUT2D eigenvalue weighted by atomic mass is 32.1. The summed E-state index contributed by atoms with van der Waals surface area (Å²) in [5, 5.41) is 7.17. The number of aryl methyl sites for hydroxylation is 3. The van der Waals surface area contributed by atoms with Gasteiger partial charge in [-0.05, 0) is 37.5 Å². The Labute approximate surface area is 113 Å². The van der Waals surface area contributed by atoms with Crippen LogP contribution in [0.4, 0.5) is 0 Å². The first-order chi connectivity index (χ1) is 8.70. The monoisotopic (exact) mass is 261 g/mol. The molecule has 1 aromatic heterocycles. The number of hydrogen-bond acceptors (Lipinski definition) is 2. The molecule has 0 atom stereocenters. The Balaban J connectivity index is 2.10. The van der Waals surface area contributed by atoms with Gasteiger partial charge in [-0.1, -0.05) is 36.8 Å². The maximum atomic E-state index is 5.27. The first-order valence-electron chi connectivity index (χ1n) is 6.40. The molecule has 3 nitrogen and oxygen atoms in total. The van der Waals surface area contributed by atoms with Gasteiger partial charge >= 0.3 is 0 Å². The van der Waals surface area contributed by atoms with Crippen molar-refractivity contribution in [2.24, 2.45) is 0 Å². The van der Waals surface area contributed by atoms with Crippen LogP contribution in [-0.2, 0) is 19.4 Å². The van der Waals surface area contributed by atoms with E-state index in [4.69, 9.17) is 12.2 Å². The number of benzene rings is 1. The lowest BCUT2D eigenvalue weighted by atomic mass is 10.1. The predicted octanol–water partition coefficient (Wildman–Crippen LogP) is 3.44. The van der Waals surface area contributed by atoms with Gasteiger partial charge in [0.05, 0.1) is 0 Å². The molecule has 0 fully saturated rings. The van der Waals surface area contributed by atoms with Crippen LogP contribution in [0.3, 0.4) is 0 Å². The van der Waals surface area contributed by atoms with Crippen molar-refractivity contribution in [3.05, 3.63) is 46.0 Å². The molecule has 0 aliphatic heterocycles. The Morgan fingerprint density at radius 3 is 2.89 bits per heavy atom. The standard InChI is InChI=1S/C14H19N3S/c1-3-5-13-15-16-14(18)17(13)9-8-12-7-4-6-11(2)10-12/h4,6-7,10H,3,5,8-9H2,1-2H3,(H,16,18). The van der Waals surface area contributed by atoms with Gasteiger partial charge in [-0.2, -0.15) is 5.10 Å². The largest absolute Gasteiger partial charge is 0.304 e. The van der Waals surface area contributed by atoms with Gasteiger partial charge in [-0.25, -0.2) is 0 Å². The van der Waals surface area contributed by atoms with Crippen molar-refractivity contribution in [2.45, 2.75) is 39.7 Å². The van der Waals surface area contributed by atoms with Crippen LogP contribution in [0.5, 0.6) is 0 Å². The molecule has 2 aromatic rings. The third-order valence-corrected chi connectivity index (χ3v) is 3.33. The maximum Gasteiger partial charge on any atom is 0.195 e. The van der Waals surface area contributed by atoms with Crippen LogP contribution in [0, 0.1) is 11.7 Å². The lowest BCUT2D eigenvalue weighted by Crippen LogP contribution is -2.06. The van der Waals surface area contributed by atoms with Gasteiger partial charge < -0.3 is 4.57 Å². The normalized spacial score (nSPS) is 10.8. The maximum absolute atomic E-state index is 5.27. The van der Waals surface area contributed by atoms with Gasteiger partial charge in [-0.15, -0.1) is 0 Å². The molecular formula is C14H19N3S. The summed E-state index contributed by atoms with van der Waals surface area (Å²) in [4.78, 5) is 0. The predicted molar refractivity (Wildman–Crippen MR) is 76.3 cm³/mol. The first-order valence-corrected chi connectivity index (χ1v) is 6.81. The molecule has 0 saturated heterocycles. The van der Waals surface area contributed by atoms with Crippen molar-refractivity contribution in [3.8, 4) is 0 Å². The molecule has 0 amide bonds. The zero-order chi connectivity index (χ0) is 13.0. The summed E-state index contributed by atoms with van der Waals surface area (Å²) in [5.41, 5.74) is 2.65. The van der Waals surface area contributed by atoms with Crippen LogP contribution in [0.2, 0.25) is 0 Å². The third kappa shape index (κ3) is 3.07. The fourth-order valence-electron chi connectivity index (χ4n) is 2.10. The minimum atomic E-state index is 0.728. The minimum Gasteiger partial charge on any atom is -0.304 e. The number of hydrogen-bond donors (Lipinski definition) is 1. The fourth-order valence-corrected chi connectivity index (χ4v) is 2.35. The van der Waals surface area contributed by atoms with Crippen LogP contribution in [0.25, 0.3) is 0 Å². The summed E-state index contributed by atoms with van der Waals surface area (Å²) in [6.45, 7) is 5.17. The van der Waals surface area contributed by atoms with Gasteiger partial charge in [0.1, 0.15) is 5.82 Å². The highest BCUT2D eigenvalue weighted by Crippen LogP contribution is 2.08. The topological polar surface area (TPSA) is 33.6 Å². The van der Waals surface area contributed by atoms with Crippen LogP contribution < -0.4 is 0 Å². The quantitative estimate of drug-likeness (QED) is 0.836. The molecule has 1 heterocycles. The van der Waals surface area contributed by atoms with Gasteiger partial charge in [0.15, 0.2) is 4.77 Å². The van der Waals surface area contributed by atoms with E-state index < -0.39 is 0 Å². The first kappa shape index (κ1) is 13.0. The molecule has 2 rings (SSSR count). The van der Waals surface area contributed by atoms with Crippen LogP contribution in [0.1, 0.15) is 30.3 Å². The molecule has 0 unspecified atom stereocenters. The molecule has 4 heteroatoms. The van der Waals surface area contributed by atoms with Gasteiger partial charge in [-0.3, -0.25) is 5.10 Å². The van der Waals surface area contributed by atoms with Gasteiger partial charge in [0.25, 0.3) is 0 Å². The average molecular weight is 261 g/mol. The van der Waals surface area contributed by atoms with E-state index in [0.29, 0.717) is 0 Å². The molecule has 0 aliphatic rings. The summed E-state index contributed by atoms with van der Waals surface area (Å²) in [7, 11) is 0. The van der Waals surface area contributed by atoms with E-state index >= 15 is 0 Å². The summed E-state index contributed by atoms with van der Waals surface area (Å²) in [5.74, 6) is 1.06. The summed E-state index contributed by atoms with van der Waals surface area (Å²) in [6.07, 6.45) is 3.05. The lowest BCUT2D eigenvalue weighted by molar-refractivity contribution is 0.636. The molecule has 0 bridgehead atoms. The minimum absolute atomic E-state index is 0.728. The molecular weight excluding hydrogens is 242 g/mol. The van der Waals surface area contributed by atoms with Gasteiger partial charge in [0, 0.05) is 13.0 Å². The van der Waals surface area contributed by atoms with Crippen LogP contribution in [0.15, 0.2) is 24.3 Å². The van der Waals surface area contributed by atoms with E-state index in [0.717, 1.165) is 36.4 Å². The van der Waals surface area contributed by atoms with Crippen LogP contribution in [-0.4, -0.2) is 14.8 Å². The number of H-pyrrole nitrogens is 1. The second-order valence-electron chi connectivity index (χ2n) is 4.59. The summed E-state index contributed by atoms with van der Waals surface area (Å²) >= 11 is 5.27. The zero-order valence-corrected chi connectivity index (χ0v) is 11.8. The van der Waals surface area contributed by atoms with E-state index in [1.54, 1.807) is 0 Å². The average Bonchev–Trinajstić information content (AvgIpc) is 2.69. The molecule has 18 heavy (non-hydrogen) atoms. The van der Waals surface area contributed by atoms with E-state index in [9.17, 15) is 0 Å². The Bertz CT molecular complexity index is 568. The lowest BCUT2D eigenvalue weighted by Gasteiger charge is -2.06. The van der Waals surface area contributed by atoms with Crippen LogP contribution >= 0.6 is 12.2 Å². The Morgan fingerprint density at radius 2 is 2.17 bits per heavy atom. The second-order valence-corrected chi connectivity index (χ2v) is 4.97. The molecule has 96 valence electrons. The van der Waals surface area contributed by atoms with Gasteiger partial charge in [0.2, 0.25) is 0 Å². The van der Waals surface area contributed by atoms with E-state index in [1.807, 2.05) is 0 Å². The number of nitrogens with zero attached hydrogens (tertiary/aromatic N) is 2. The van der Waals surface area contributed by atoms with Crippen molar-refractivity contribution in [1.29, 1.82) is 0 Å². The highest BCUT2D eigenvalue weighted by Gasteiger charge is 2.05. The number of nitrogens with one attached hydrogen (secondary N) is 1. The zero-order valence-electron chi connectivity index (χ0n) is 10.9. The van der Waals surface area contributed by atoms with Crippen molar-refractivity contribution in [3.63, 3.8) is 0 Å². The molecule has 1 aromatic carbocycles. The smallest absolute Gasteiger partial charge is 0.195 e. The third-order valence-electron chi connectivity index (χ3n) is 3.02. The second kappa shape index (κ2) is 5.96. The Morgan fingerprint density at radius 1 is 1.33 bits per heavy atom. The number of aromatic nitrogens is 3. The molecule has 0 saturated carbocycles. The van der Waals surface area contributed by atoms with Crippen molar-refractivity contribution in [1.82, 2.24) is 14.8 Å². The highest BCUT2D eigenvalue weighted by molar-refractivity contribution is 7.71. The molecule has 0 radical (unpaired) electrons. The number of rotatable bonds is 5. The fraction of sp³-hybridized carbons (Fsp3) is 0.429. The SMILES string of the molecule is CCCc1n[nH]c(=S)n1CCc1cccc(C)c1. The summed E-state index contributed by atoms with van der Waals surface area (Å²) in [6, 6.07) is 8.61. The van der Waals surface area contributed by atoms with Crippen molar-refractivity contribution < 1.29 is 0 Å². The number of aromatic amines is 1. The molecule has 0 spiro atoms.